The normalized spacial score (nSPS) is 10.1. The molecule has 0 radical (unpaired) electrons. The lowest BCUT2D eigenvalue weighted by Gasteiger charge is -2.06. The number of benzene rings is 2. The van der Waals surface area contributed by atoms with Crippen molar-refractivity contribution in [3.05, 3.63) is 82.8 Å². The smallest absolute Gasteiger partial charge is 0.329 e. The van der Waals surface area contributed by atoms with Gasteiger partial charge in [0.2, 0.25) is 0 Å². The minimum atomic E-state index is -1.14. The number of carboxylic acids is 1. The van der Waals surface area contributed by atoms with Gasteiger partial charge in [-0.25, -0.2) is 4.79 Å². The molecule has 2 aromatic rings. The zero-order valence-electron chi connectivity index (χ0n) is 11.4. The zero-order valence-corrected chi connectivity index (χ0v) is 11.4. The monoisotopic (exact) mass is 299 g/mol. The maximum atomic E-state index is 12.3. The lowest BCUT2D eigenvalue weighted by molar-refractivity contribution is -0.131. The summed E-state index contributed by atoms with van der Waals surface area (Å²) < 4.78 is 0. The molecule has 0 unspecified atom stereocenters. The SMILES string of the molecule is O=C(O)C=C(C(=O)c1ccccc1)c1ccccc1.O=NO. The Hall–Kier alpha value is -3.28. The molecule has 0 aliphatic rings. The van der Waals surface area contributed by atoms with Gasteiger partial charge in [-0.05, 0) is 5.56 Å². The molecule has 6 heteroatoms. The average molecular weight is 299 g/mol. The topological polar surface area (TPSA) is 104 Å². The molecule has 0 aliphatic carbocycles. The fourth-order valence-electron chi connectivity index (χ4n) is 1.77. The first-order valence-corrected chi connectivity index (χ1v) is 6.16. The van der Waals surface area contributed by atoms with Crippen molar-refractivity contribution < 1.29 is 19.9 Å². The first-order chi connectivity index (χ1) is 10.6. The molecule has 2 rings (SSSR count). The number of ketones is 1. The van der Waals surface area contributed by atoms with Crippen LogP contribution >= 0.6 is 0 Å². The number of hydrogen-bond acceptors (Lipinski definition) is 4. The van der Waals surface area contributed by atoms with E-state index in [9.17, 15) is 9.59 Å². The summed E-state index contributed by atoms with van der Waals surface area (Å²) in [7, 11) is 0. The molecule has 0 fully saturated rings. The molecule has 2 N–H and O–H groups in total. The molecule has 0 aromatic heterocycles. The molecule has 112 valence electrons. The summed E-state index contributed by atoms with van der Waals surface area (Å²) >= 11 is 0. The Morgan fingerprint density at radius 2 is 1.27 bits per heavy atom. The largest absolute Gasteiger partial charge is 0.478 e. The van der Waals surface area contributed by atoms with E-state index in [0.717, 1.165) is 6.08 Å². The highest BCUT2D eigenvalue weighted by Gasteiger charge is 2.15. The van der Waals surface area contributed by atoms with Crippen molar-refractivity contribution in [1.29, 1.82) is 0 Å². The van der Waals surface area contributed by atoms with Gasteiger partial charge in [-0.1, -0.05) is 60.7 Å². The first-order valence-electron chi connectivity index (χ1n) is 6.16. The lowest BCUT2D eigenvalue weighted by Crippen LogP contribution is -2.05. The van der Waals surface area contributed by atoms with Gasteiger partial charge in [0.15, 0.2) is 11.1 Å². The third-order valence-corrected chi connectivity index (χ3v) is 2.63. The Morgan fingerprint density at radius 1 is 0.864 bits per heavy atom. The Kier molecular flexibility index (Phi) is 6.71. The number of allylic oxidation sites excluding steroid dienone is 1. The summed E-state index contributed by atoms with van der Waals surface area (Å²) in [4.78, 5) is 31.4. The second-order valence-corrected chi connectivity index (χ2v) is 4.04. The summed E-state index contributed by atoms with van der Waals surface area (Å²) in [5.74, 6) is -1.43. The van der Waals surface area contributed by atoms with E-state index in [-0.39, 0.29) is 11.4 Å². The molecule has 0 saturated carbocycles. The quantitative estimate of drug-likeness (QED) is 0.390. The van der Waals surface area contributed by atoms with Crippen LogP contribution in [0.5, 0.6) is 0 Å². The van der Waals surface area contributed by atoms with E-state index in [1.165, 1.54) is 5.34 Å². The second-order valence-electron chi connectivity index (χ2n) is 4.04. The Labute approximate surface area is 126 Å². The molecule has 0 spiro atoms. The van der Waals surface area contributed by atoms with Crippen LogP contribution in [0.2, 0.25) is 0 Å². The number of rotatable bonds is 4. The maximum absolute atomic E-state index is 12.3. The molecule has 2 aromatic carbocycles. The van der Waals surface area contributed by atoms with Gasteiger partial charge in [-0.15, -0.1) is 4.91 Å². The van der Waals surface area contributed by atoms with Crippen molar-refractivity contribution in [3.8, 4) is 0 Å². The maximum Gasteiger partial charge on any atom is 0.329 e. The molecule has 6 nitrogen and oxygen atoms in total. The highest BCUT2D eigenvalue weighted by atomic mass is 16.6. The van der Waals surface area contributed by atoms with Crippen molar-refractivity contribution in [2.45, 2.75) is 0 Å². The van der Waals surface area contributed by atoms with Crippen LogP contribution in [0.4, 0.5) is 0 Å². The van der Waals surface area contributed by atoms with Crippen LogP contribution in [-0.2, 0) is 4.79 Å². The Morgan fingerprint density at radius 3 is 1.68 bits per heavy atom. The van der Waals surface area contributed by atoms with Crippen molar-refractivity contribution >= 4 is 17.3 Å². The van der Waals surface area contributed by atoms with E-state index in [1.54, 1.807) is 54.6 Å². The van der Waals surface area contributed by atoms with Crippen LogP contribution in [0.3, 0.4) is 0 Å². The number of carbonyl (C=O) groups is 2. The van der Waals surface area contributed by atoms with E-state index in [4.69, 9.17) is 15.2 Å². The molecule has 22 heavy (non-hydrogen) atoms. The first kappa shape index (κ1) is 16.8. The number of hydrogen-bond donors (Lipinski definition) is 2. The van der Waals surface area contributed by atoms with Gasteiger partial charge in [-0.3, -0.25) is 4.79 Å². The summed E-state index contributed by atoms with van der Waals surface area (Å²) in [6, 6.07) is 17.4. The summed E-state index contributed by atoms with van der Waals surface area (Å²) in [6.45, 7) is 0. The molecule has 0 amide bonds. The Bertz CT molecular complexity index is 665. The van der Waals surface area contributed by atoms with Crippen molar-refractivity contribution in [1.82, 2.24) is 0 Å². The van der Waals surface area contributed by atoms with Crippen LogP contribution in [0, 0.1) is 4.91 Å². The van der Waals surface area contributed by atoms with E-state index in [2.05, 4.69) is 0 Å². The third-order valence-electron chi connectivity index (χ3n) is 2.63. The van der Waals surface area contributed by atoms with E-state index in [0.29, 0.717) is 11.1 Å². The number of carboxylic acid groups (broad SMARTS) is 1. The number of carbonyl (C=O) groups excluding carboxylic acids is 1. The number of aliphatic carboxylic acids is 1. The predicted molar refractivity (Wildman–Crippen MR) is 80.4 cm³/mol. The standard InChI is InChI=1S/C16H12O3.HNO2/c17-15(18)11-14(12-7-3-1-4-8-12)16(19)13-9-5-2-6-10-13;2-1-3/h1-11H,(H,17,18);(H,2,3). The zero-order chi connectivity index (χ0) is 16.4. The van der Waals surface area contributed by atoms with Gasteiger partial charge in [0.1, 0.15) is 0 Å². The van der Waals surface area contributed by atoms with Gasteiger partial charge >= 0.3 is 5.97 Å². The molecule has 0 atom stereocenters. The van der Waals surface area contributed by atoms with Crippen molar-refractivity contribution in [3.63, 3.8) is 0 Å². The molecule has 0 heterocycles. The van der Waals surface area contributed by atoms with Gasteiger partial charge in [-0.2, -0.15) is 0 Å². The summed E-state index contributed by atoms with van der Waals surface area (Å²) in [5, 5.41) is 16.8. The molecule has 0 aliphatic heterocycles. The summed E-state index contributed by atoms with van der Waals surface area (Å²) in [5.41, 5.74) is 1.25. The number of nitrogens with zero attached hydrogens (tertiary/aromatic N) is 1. The fraction of sp³-hybridized carbons (Fsp3) is 0. The minimum absolute atomic E-state index is 0.180. The van der Waals surface area contributed by atoms with Crippen LogP contribution in [0.15, 0.2) is 72.1 Å². The lowest BCUT2D eigenvalue weighted by atomic mass is 9.96. The molecular formula is C16H13NO5. The predicted octanol–water partition coefficient (Wildman–Crippen LogP) is 3.18. The van der Waals surface area contributed by atoms with Gasteiger partial charge < -0.3 is 10.3 Å². The van der Waals surface area contributed by atoms with Crippen LogP contribution in [-0.4, -0.2) is 22.1 Å². The number of Topliss-reactive ketones (excluding diaryl/α,β-unsaturated/α-hetero) is 1. The average Bonchev–Trinajstić information content (AvgIpc) is 2.54. The Balaban J connectivity index is 0.000000745. The third kappa shape index (κ3) is 5.01. The molecule has 0 saturated heterocycles. The van der Waals surface area contributed by atoms with E-state index in [1.807, 2.05) is 6.07 Å². The highest BCUT2D eigenvalue weighted by Crippen LogP contribution is 2.19. The van der Waals surface area contributed by atoms with Gasteiger partial charge in [0, 0.05) is 17.2 Å². The minimum Gasteiger partial charge on any atom is -0.478 e. The highest BCUT2D eigenvalue weighted by molar-refractivity contribution is 6.31. The van der Waals surface area contributed by atoms with Gasteiger partial charge in [0.05, 0.1) is 0 Å². The van der Waals surface area contributed by atoms with Crippen LogP contribution < -0.4 is 0 Å². The fourth-order valence-corrected chi connectivity index (χ4v) is 1.77. The van der Waals surface area contributed by atoms with Crippen molar-refractivity contribution in [2.75, 3.05) is 0 Å². The molecule has 0 bridgehead atoms. The second kappa shape index (κ2) is 8.80. The van der Waals surface area contributed by atoms with Gasteiger partial charge in [0.25, 0.3) is 0 Å². The summed E-state index contributed by atoms with van der Waals surface area (Å²) in [6.07, 6.45) is 0.949. The van der Waals surface area contributed by atoms with E-state index < -0.39 is 5.97 Å². The molecular weight excluding hydrogens is 286 g/mol. The van der Waals surface area contributed by atoms with Crippen LogP contribution in [0.1, 0.15) is 15.9 Å². The van der Waals surface area contributed by atoms with Crippen molar-refractivity contribution in [2.24, 2.45) is 5.34 Å². The van der Waals surface area contributed by atoms with E-state index >= 15 is 0 Å². The van der Waals surface area contributed by atoms with Crippen LogP contribution in [0.25, 0.3) is 5.57 Å².